The van der Waals surface area contributed by atoms with E-state index in [4.69, 9.17) is 14.2 Å². The number of thiazole rings is 1. The topological polar surface area (TPSA) is 86.8 Å². The molecule has 1 atom stereocenters. The maximum atomic E-state index is 12.7. The van der Waals surface area contributed by atoms with Crippen LogP contribution in [0.3, 0.4) is 0 Å². The Morgan fingerprint density at radius 1 is 1.14 bits per heavy atom. The van der Waals surface area contributed by atoms with E-state index in [0.29, 0.717) is 27.2 Å². The zero-order valence-corrected chi connectivity index (χ0v) is 16.4. The number of aromatic nitrogens is 1. The van der Waals surface area contributed by atoms with Gasteiger partial charge in [0.05, 0.1) is 12.3 Å². The molecule has 4 rings (SSSR count). The number of para-hydroxylation sites is 2. The largest absolute Gasteiger partial charge is 0.485 e. The van der Waals surface area contributed by atoms with Gasteiger partial charge in [-0.15, -0.1) is 0 Å². The van der Waals surface area contributed by atoms with Gasteiger partial charge < -0.3 is 14.2 Å². The maximum Gasteiger partial charge on any atom is 0.350 e. The first kappa shape index (κ1) is 18.9. The highest BCUT2D eigenvalue weighted by Gasteiger charge is 2.29. The lowest BCUT2D eigenvalue weighted by atomic mass is 10.1. The van der Waals surface area contributed by atoms with E-state index in [1.165, 1.54) is 0 Å². The first-order valence-electron chi connectivity index (χ1n) is 9.08. The molecule has 0 bridgehead atoms. The molecule has 0 saturated heterocycles. The van der Waals surface area contributed by atoms with Gasteiger partial charge in [0, 0.05) is 5.56 Å². The number of hydrogen-bond donors (Lipinski definition) is 1. The van der Waals surface area contributed by atoms with E-state index in [0.717, 1.165) is 16.9 Å². The van der Waals surface area contributed by atoms with E-state index in [9.17, 15) is 9.59 Å². The molecule has 0 aliphatic carbocycles. The van der Waals surface area contributed by atoms with Gasteiger partial charge in [0.2, 0.25) is 6.10 Å². The zero-order valence-electron chi connectivity index (χ0n) is 15.6. The van der Waals surface area contributed by atoms with Crippen molar-refractivity contribution in [3.8, 4) is 22.8 Å². The van der Waals surface area contributed by atoms with Crippen LogP contribution in [0.4, 0.5) is 5.13 Å². The van der Waals surface area contributed by atoms with Gasteiger partial charge in [-0.25, -0.2) is 9.78 Å². The summed E-state index contributed by atoms with van der Waals surface area (Å²) in [5, 5.41) is 3.02. The van der Waals surface area contributed by atoms with Crippen LogP contribution in [0.15, 0.2) is 54.6 Å². The van der Waals surface area contributed by atoms with E-state index < -0.39 is 18.0 Å². The number of rotatable bonds is 5. The maximum absolute atomic E-state index is 12.7. The molecule has 29 heavy (non-hydrogen) atoms. The van der Waals surface area contributed by atoms with Gasteiger partial charge in [-0.05, 0) is 19.1 Å². The molecule has 2 heterocycles. The minimum Gasteiger partial charge on any atom is -0.485 e. The molecule has 1 unspecified atom stereocenters. The van der Waals surface area contributed by atoms with Crippen molar-refractivity contribution in [2.45, 2.75) is 13.0 Å². The van der Waals surface area contributed by atoms with Gasteiger partial charge in [0.1, 0.15) is 11.5 Å². The third kappa shape index (κ3) is 4.07. The van der Waals surface area contributed by atoms with Crippen molar-refractivity contribution in [2.75, 3.05) is 18.5 Å². The standard InChI is InChI=1S/C21H18N2O5S/c1-2-26-20(25)18-17(13-8-4-3-5-9-13)22-21(29-18)23-19(24)16-12-27-14-10-6-7-11-15(14)28-16/h3-11,16H,2,12H2,1H3,(H,22,23,24). The van der Waals surface area contributed by atoms with Crippen LogP contribution in [0.2, 0.25) is 0 Å². The predicted molar refractivity (Wildman–Crippen MR) is 108 cm³/mol. The number of esters is 1. The first-order valence-corrected chi connectivity index (χ1v) is 9.90. The molecule has 0 saturated carbocycles. The minimum atomic E-state index is -0.819. The monoisotopic (exact) mass is 410 g/mol. The summed E-state index contributed by atoms with van der Waals surface area (Å²) in [4.78, 5) is 29.8. The van der Waals surface area contributed by atoms with E-state index >= 15 is 0 Å². The van der Waals surface area contributed by atoms with Crippen molar-refractivity contribution in [2.24, 2.45) is 0 Å². The number of nitrogens with one attached hydrogen (secondary N) is 1. The average Bonchev–Trinajstić information content (AvgIpc) is 3.18. The first-order chi connectivity index (χ1) is 14.2. The Morgan fingerprint density at radius 2 is 1.86 bits per heavy atom. The molecular weight excluding hydrogens is 392 g/mol. The number of anilines is 1. The molecular formula is C21H18N2O5S. The fourth-order valence-electron chi connectivity index (χ4n) is 2.83. The number of nitrogens with zero attached hydrogens (tertiary/aromatic N) is 1. The van der Waals surface area contributed by atoms with Crippen molar-refractivity contribution >= 4 is 28.3 Å². The summed E-state index contributed by atoms with van der Waals surface area (Å²) in [6.45, 7) is 2.08. The van der Waals surface area contributed by atoms with E-state index in [1.807, 2.05) is 36.4 Å². The molecule has 2 aromatic carbocycles. The Morgan fingerprint density at radius 3 is 2.62 bits per heavy atom. The van der Waals surface area contributed by atoms with Gasteiger partial charge >= 0.3 is 5.97 Å². The summed E-state index contributed by atoms with van der Waals surface area (Å²) in [5.74, 6) is 0.232. The third-order valence-corrected chi connectivity index (χ3v) is 5.12. The van der Waals surface area contributed by atoms with Gasteiger partial charge in [0.25, 0.3) is 5.91 Å². The van der Waals surface area contributed by atoms with Crippen LogP contribution in [-0.4, -0.2) is 36.2 Å². The number of ether oxygens (including phenoxy) is 3. The molecule has 148 valence electrons. The average molecular weight is 410 g/mol. The molecule has 0 spiro atoms. The second kappa shape index (κ2) is 8.32. The van der Waals surface area contributed by atoms with Gasteiger partial charge in [-0.2, -0.15) is 0 Å². The van der Waals surface area contributed by atoms with E-state index in [1.54, 1.807) is 25.1 Å². The second-order valence-electron chi connectivity index (χ2n) is 6.14. The highest BCUT2D eigenvalue weighted by atomic mass is 32.1. The number of benzene rings is 2. The summed E-state index contributed by atoms with van der Waals surface area (Å²) in [5.41, 5.74) is 1.23. The Balaban J connectivity index is 1.56. The highest BCUT2D eigenvalue weighted by Crippen LogP contribution is 2.33. The number of amides is 1. The van der Waals surface area contributed by atoms with Gasteiger partial charge in [-0.3, -0.25) is 10.1 Å². The molecule has 1 aliphatic heterocycles. The third-order valence-electron chi connectivity index (χ3n) is 4.17. The molecule has 7 nitrogen and oxygen atoms in total. The van der Waals surface area contributed by atoms with Crippen LogP contribution in [-0.2, 0) is 9.53 Å². The highest BCUT2D eigenvalue weighted by molar-refractivity contribution is 7.18. The summed E-state index contributed by atoms with van der Waals surface area (Å²) >= 11 is 1.07. The summed E-state index contributed by atoms with van der Waals surface area (Å²) in [6.07, 6.45) is -0.819. The van der Waals surface area contributed by atoms with Gasteiger partial charge in [-0.1, -0.05) is 53.8 Å². The molecule has 0 fully saturated rings. The lowest BCUT2D eigenvalue weighted by Gasteiger charge is -2.25. The predicted octanol–water partition coefficient (Wildman–Crippen LogP) is 3.77. The van der Waals surface area contributed by atoms with Gasteiger partial charge in [0.15, 0.2) is 16.6 Å². The van der Waals surface area contributed by atoms with Crippen LogP contribution in [0.1, 0.15) is 16.6 Å². The van der Waals surface area contributed by atoms with E-state index in [2.05, 4.69) is 10.3 Å². The Hall–Kier alpha value is -3.39. The molecule has 0 radical (unpaired) electrons. The minimum absolute atomic E-state index is 0.0878. The van der Waals surface area contributed by atoms with Crippen molar-refractivity contribution in [1.29, 1.82) is 0 Å². The molecule has 1 amide bonds. The number of fused-ring (bicyclic) bond motifs is 1. The fraction of sp³-hybridized carbons (Fsp3) is 0.190. The van der Waals surface area contributed by atoms with Crippen molar-refractivity contribution < 1.29 is 23.8 Å². The summed E-state index contributed by atoms with van der Waals surface area (Å²) in [6, 6.07) is 16.4. The lowest BCUT2D eigenvalue weighted by molar-refractivity contribution is -0.125. The summed E-state index contributed by atoms with van der Waals surface area (Å²) in [7, 11) is 0. The van der Waals surface area contributed by atoms with Crippen molar-refractivity contribution in [3.63, 3.8) is 0 Å². The molecule has 1 aromatic heterocycles. The van der Waals surface area contributed by atoms with Crippen LogP contribution in [0.25, 0.3) is 11.3 Å². The molecule has 8 heteroatoms. The summed E-state index contributed by atoms with van der Waals surface area (Å²) < 4.78 is 16.4. The quantitative estimate of drug-likeness (QED) is 0.645. The van der Waals surface area contributed by atoms with Crippen LogP contribution < -0.4 is 14.8 Å². The SMILES string of the molecule is CCOC(=O)c1sc(NC(=O)C2COc3ccccc3O2)nc1-c1ccccc1. The van der Waals surface area contributed by atoms with Crippen molar-refractivity contribution in [3.05, 3.63) is 59.5 Å². The number of carbonyl (C=O) groups is 2. The normalized spacial score (nSPS) is 14.9. The number of hydrogen-bond acceptors (Lipinski definition) is 7. The Labute approximate surface area is 171 Å². The number of carbonyl (C=O) groups excluding carboxylic acids is 2. The molecule has 1 N–H and O–H groups in total. The second-order valence-corrected chi connectivity index (χ2v) is 7.14. The van der Waals surface area contributed by atoms with Crippen LogP contribution in [0, 0.1) is 0 Å². The van der Waals surface area contributed by atoms with Crippen molar-refractivity contribution in [1.82, 2.24) is 4.98 Å². The fourth-order valence-corrected chi connectivity index (χ4v) is 3.72. The molecule has 1 aliphatic rings. The van der Waals surface area contributed by atoms with E-state index in [-0.39, 0.29) is 13.2 Å². The smallest absolute Gasteiger partial charge is 0.350 e. The lowest BCUT2D eigenvalue weighted by Crippen LogP contribution is -2.40. The Kier molecular flexibility index (Phi) is 5.44. The Bertz CT molecular complexity index is 1030. The zero-order chi connectivity index (χ0) is 20.2. The van der Waals surface area contributed by atoms with Crippen LogP contribution in [0.5, 0.6) is 11.5 Å². The van der Waals surface area contributed by atoms with Crippen LogP contribution >= 0.6 is 11.3 Å². The molecule has 3 aromatic rings.